The Morgan fingerprint density at radius 3 is 2.90 bits per heavy atom. The Bertz CT molecular complexity index is 421. The van der Waals surface area contributed by atoms with Crippen molar-refractivity contribution in [2.75, 3.05) is 26.8 Å². The topological polar surface area (TPSA) is 108 Å². The fourth-order valence-corrected chi connectivity index (χ4v) is 1.52. The van der Waals surface area contributed by atoms with Crippen LogP contribution >= 0.6 is 0 Å². The smallest absolute Gasteiger partial charge is 0.326 e. The number of likely N-dealkylation sites (N-methyl/N-ethyl adjacent to an activating group) is 1. The molecule has 0 saturated heterocycles. The minimum atomic E-state index is -1.09. The Balaban J connectivity index is 2.48. The van der Waals surface area contributed by atoms with Gasteiger partial charge in [0.05, 0.1) is 12.9 Å². The van der Waals surface area contributed by atoms with Gasteiger partial charge in [-0.3, -0.25) is 0 Å². The number of nitrogens with one attached hydrogen (secondary N) is 2. The van der Waals surface area contributed by atoms with E-state index in [1.54, 1.807) is 7.05 Å². The minimum Gasteiger partial charge on any atom is -0.480 e. The van der Waals surface area contributed by atoms with Gasteiger partial charge in [-0.15, -0.1) is 0 Å². The molecule has 0 spiro atoms. The second kappa shape index (κ2) is 8.16. The number of carboxylic acid groups (broad SMARTS) is 1. The number of ether oxygens (including phenoxy) is 1. The second-order valence-electron chi connectivity index (χ2n) is 4.24. The first-order chi connectivity index (χ1) is 9.54. The molecular weight excluding hydrogens is 264 g/mol. The maximum Gasteiger partial charge on any atom is 0.326 e. The molecular formula is C12H20N4O4. The van der Waals surface area contributed by atoms with Crippen LogP contribution < -0.4 is 5.32 Å². The number of aliphatic carboxylic acids is 1. The number of amides is 2. The van der Waals surface area contributed by atoms with Gasteiger partial charge >= 0.3 is 12.0 Å². The van der Waals surface area contributed by atoms with Gasteiger partial charge < -0.3 is 25.0 Å². The van der Waals surface area contributed by atoms with E-state index in [4.69, 9.17) is 9.84 Å². The van der Waals surface area contributed by atoms with Crippen molar-refractivity contribution in [1.29, 1.82) is 0 Å². The van der Waals surface area contributed by atoms with E-state index in [2.05, 4.69) is 15.3 Å². The van der Waals surface area contributed by atoms with Crippen LogP contribution in [0, 0.1) is 0 Å². The molecule has 1 unspecified atom stereocenters. The number of nitrogens with zero attached hydrogens (tertiary/aromatic N) is 2. The Hall–Kier alpha value is -2.09. The summed E-state index contributed by atoms with van der Waals surface area (Å²) < 4.78 is 5.14. The van der Waals surface area contributed by atoms with Gasteiger partial charge in [0, 0.05) is 38.5 Å². The molecule has 0 radical (unpaired) electrons. The third-order valence-electron chi connectivity index (χ3n) is 2.70. The molecule has 0 aliphatic carbocycles. The van der Waals surface area contributed by atoms with E-state index in [-0.39, 0.29) is 6.42 Å². The maximum absolute atomic E-state index is 11.9. The molecule has 1 aromatic heterocycles. The SMILES string of the molecule is CCOCCN(C)C(=O)NC(Cc1cnc[nH]1)C(=O)O. The molecule has 0 saturated carbocycles. The highest BCUT2D eigenvalue weighted by Crippen LogP contribution is 2.00. The first kappa shape index (κ1) is 16.0. The van der Waals surface area contributed by atoms with Gasteiger partial charge in [-0.1, -0.05) is 0 Å². The van der Waals surface area contributed by atoms with Crippen molar-refractivity contribution in [3.8, 4) is 0 Å². The predicted molar refractivity (Wildman–Crippen MR) is 71.4 cm³/mol. The predicted octanol–water partition coefficient (Wildman–Crippen LogP) is 0.0833. The van der Waals surface area contributed by atoms with E-state index < -0.39 is 18.0 Å². The molecule has 3 N–H and O–H groups in total. The lowest BCUT2D eigenvalue weighted by atomic mass is 10.1. The number of hydrogen-bond acceptors (Lipinski definition) is 4. The van der Waals surface area contributed by atoms with E-state index in [0.717, 1.165) is 0 Å². The van der Waals surface area contributed by atoms with Crippen molar-refractivity contribution in [2.45, 2.75) is 19.4 Å². The van der Waals surface area contributed by atoms with Crippen molar-refractivity contribution in [3.05, 3.63) is 18.2 Å². The lowest BCUT2D eigenvalue weighted by molar-refractivity contribution is -0.139. The summed E-state index contributed by atoms with van der Waals surface area (Å²) in [5.74, 6) is -1.09. The van der Waals surface area contributed by atoms with Gasteiger partial charge in [-0.05, 0) is 6.92 Å². The lowest BCUT2D eigenvalue weighted by Crippen LogP contribution is -2.48. The van der Waals surface area contributed by atoms with Gasteiger partial charge in [0.1, 0.15) is 6.04 Å². The maximum atomic E-state index is 11.9. The molecule has 1 heterocycles. The van der Waals surface area contributed by atoms with Crippen LogP contribution in [0.1, 0.15) is 12.6 Å². The number of aromatic nitrogens is 2. The number of aromatic amines is 1. The minimum absolute atomic E-state index is 0.153. The first-order valence-corrected chi connectivity index (χ1v) is 6.34. The number of carboxylic acids is 1. The molecule has 0 aliphatic heterocycles. The van der Waals surface area contributed by atoms with Gasteiger partial charge in [0.15, 0.2) is 0 Å². The summed E-state index contributed by atoms with van der Waals surface area (Å²) in [5, 5.41) is 11.6. The highest BCUT2D eigenvalue weighted by molar-refractivity contribution is 5.82. The molecule has 112 valence electrons. The number of carbonyl (C=O) groups excluding carboxylic acids is 1. The summed E-state index contributed by atoms with van der Waals surface area (Å²) >= 11 is 0. The van der Waals surface area contributed by atoms with E-state index in [1.165, 1.54) is 17.4 Å². The molecule has 0 aromatic carbocycles. The zero-order chi connectivity index (χ0) is 15.0. The van der Waals surface area contributed by atoms with Gasteiger partial charge in [-0.2, -0.15) is 0 Å². The van der Waals surface area contributed by atoms with Crippen molar-refractivity contribution in [2.24, 2.45) is 0 Å². The van der Waals surface area contributed by atoms with Crippen LogP contribution in [0.15, 0.2) is 12.5 Å². The van der Waals surface area contributed by atoms with Crippen molar-refractivity contribution in [3.63, 3.8) is 0 Å². The van der Waals surface area contributed by atoms with Crippen molar-refractivity contribution >= 4 is 12.0 Å². The Morgan fingerprint density at radius 2 is 2.35 bits per heavy atom. The summed E-state index contributed by atoms with van der Waals surface area (Å²) in [6.45, 7) is 3.26. The molecule has 2 amide bonds. The lowest BCUT2D eigenvalue weighted by Gasteiger charge is -2.21. The molecule has 8 heteroatoms. The molecule has 1 rings (SSSR count). The van der Waals surface area contributed by atoms with Crippen molar-refractivity contribution in [1.82, 2.24) is 20.2 Å². The molecule has 8 nitrogen and oxygen atoms in total. The van der Waals surface area contributed by atoms with Crippen LogP contribution in [-0.4, -0.2) is 64.8 Å². The number of hydrogen-bond donors (Lipinski definition) is 3. The highest BCUT2D eigenvalue weighted by atomic mass is 16.5. The molecule has 0 fully saturated rings. The Morgan fingerprint density at radius 1 is 1.60 bits per heavy atom. The number of urea groups is 1. The van der Waals surface area contributed by atoms with E-state index in [0.29, 0.717) is 25.5 Å². The van der Waals surface area contributed by atoms with Gasteiger partial charge in [-0.25, -0.2) is 14.6 Å². The third kappa shape index (κ3) is 5.27. The van der Waals surface area contributed by atoms with Crippen LogP contribution in [0.4, 0.5) is 4.79 Å². The zero-order valence-electron chi connectivity index (χ0n) is 11.6. The standard InChI is InChI=1S/C12H20N4O4/c1-3-20-5-4-16(2)12(19)15-10(11(17)18)6-9-7-13-8-14-9/h7-8,10H,3-6H2,1-2H3,(H,13,14)(H,15,19)(H,17,18). The zero-order valence-corrected chi connectivity index (χ0v) is 11.6. The number of rotatable bonds is 8. The van der Waals surface area contributed by atoms with E-state index in [9.17, 15) is 9.59 Å². The van der Waals surface area contributed by atoms with E-state index in [1.807, 2.05) is 6.92 Å². The summed E-state index contributed by atoms with van der Waals surface area (Å²) in [4.78, 5) is 31.0. The molecule has 1 aromatic rings. The quantitative estimate of drug-likeness (QED) is 0.586. The van der Waals surface area contributed by atoms with Crippen LogP contribution in [0.2, 0.25) is 0 Å². The number of carbonyl (C=O) groups is 2. The normalized spacial score (nSPS) is 11.9. The number of H-pyrrole nitrogens is 1. The molecule has 0 bridgehead atoms. The van der Waals surface area contributed by atoms with Crippen LogP contribution in [0.3, 0.4) is 0 Å². The highest BCUT2D eigenvalue weighted by Gasteiger charge is 2.22. The average molecular weight is 284 g/mol. The van der Waals surface area contributed by atoms with Crippen LogP contribution in [0.5, 0.6) is 0 Å². The summed E-state index contributed by atoms with van der Waals surface area (Å²) in [6, 6.07) is -1.45. The Labute approximate surface area is 117 Å². The van der Waals surface area contributed by atoms with Crippen molar-refractivity contribution < 1.29 is 19.4 Å². The molecule has 1 atom stereocenters. The third-order valence-corrected chi connectivity index (χ3v) is 2.70. The summed E-state index contributed by atoms with van der Waals surface area (Å²) in [7, 11) is 1.59. The fourth-order valence-electron chi connectivity index (χ4n) is 1.52. The fraction of sp³-hybridized carbons (Fsp3) is 0.583. The van der Waals surface area contributed by atoms with Gasteiger partial charge in [0.2, 0.25) is 0 Å². The molecule has 0 aliphatic rings. The first-order valence-electron chi connectivity index (χ1n) is 6.34. The van der Waals surface area contributed by atoms with Crippen LogP contribution in [-0.2, 0) is 16.0 Å². The van der Waals surface area contributed by atoms with Gasteiger partial charge in [0.25, 0.3) is 0 Å². The average Bonchev–Trinajstić information content (AvgIpc) is 2.90. The molecule has 20 heavy (non-hydrogen) atoms. The number of imidazole rings is 1. The summed E-state index contributed by atoms with van der Waals surface area (Å²) in [6.07, 6.45) is 3.14. The van der Waals surface area contributed by atoms with Crippen LogP contribution in [0.25, 0.3) is 0 Å². The largest absolute Gasteiger partial charge is 0.480 e. The van der Waals surface area contributed by atoms with E-state index >= 15 is 0 Å². The monoisotopic (exact) mass is 284 g/mol. The second-order valence-corrected chi connectivity index (χ2v) is 4.24. The summed E-state index contributed by atoms with van der Waals surface area (Å²) in [5.41, 5.74) is 0.648. The Kier molecular flexibility index (Phi) is 6.51.